The van der Waals surface area contributed by atoms with Gasteiger partial charge >= 0.3 is 0 Å². The van der Waals surface area contributed by atoms with Crippen molar-refractivity contribution in [2.24, 2.45) is 18.8 Å². The van der Waals surface area contributed by atoms with Gasteiger partial charge < -0.3 is 4.74 Å². The number of nitrogens with two attached hydrogens (primary N) is 1. The predicted molar refractivity (Wildman–Crippen MR) is 71.3 cm³/mol. The Labute approximate surface area is 113 Å². The van der Waals surface area contributed by atoms with Crippen LogP contribution in [0.4, 0.5) is 0 Å². The summed E-state index contributed by atoms with van der Waals surface area (Å²) in [5.74, 6) is 6.23. The number of nitrogens with zero attached hydrogens (tertiary/aromatic N) is 2. The van der Waals surface area contributed by atoms with Crippen molar-refractivity contribution in [1.82, 2.24) is 15.2 Å². The molecule has 6 heteroatoms. The van der Waals surface area contributed by atoms with Crippen LogP contribution >= 0.6 is 11.6 Å². The van der Waals surface area contributed by atoms with Gasteiger partial charge in [0.25, 0.3) is 0 Å². The highest BCUT2D eigenvalue weighted by Crippen LogP contribution is 2.25. The third kappa shape index (κ3) is 2.85. The van der Waals surface area contributed by atoms with Crippen molar-refractivity contribution in [2.45, 2.75) is 32.2 Å². The molecule has 1 aliphatic heterocycles. The largest absolute Gasteiger partial charge is 0.381 e. The number of aryl methyl sites for hydroxylation is 2. The van der Waals surface area contributed by atoms with E-state index in [1.54, 1.807) is 0 Å². The number of hydrogen-bond acceptors (Lipinski definition) is 4. The Kier molecular flexibility index (Phi) is 4.61. The first-order valence-electron chi connectivity index (χ1n) is 6.35. The van der Waals surface area contributed by atoms with Gasteiger partial charge in [-0.1, -0.05) is 11.6 Å². The zero-order valence-corrected chi connectivity index (χ0v) is 11.7. The molecular formula is C12H21ClN4O. The fraction of sp³-hybridized carbons (Fsp3) is 0.750. The van der Waals surface area contributed by atoms with Crippen LogP contribution in [0.2, 0.25) is 5.02 Å². The zero-order valence-electron chi connectivity index (χ0n) is 10.9. The molecule has 1 fully saturated rings. The SMILES string of the molecule is Cc1nn(C)c(CC(NN)C2CCOCC2)c1Cl. The molecule has 1 saturated heterocycles. The van der Waals surface area contributed by atoms with E-state index >= 15 is 0 Å². The molecule has 2 rings (SSSR count). The minimum Gasteiger partial charge on any atom is -0.381 e. The van der Waals surface area contributed by atoms with Gasteiger partial charge in [-0.15, -0.1) is 0 Å². The molecule has 102 valence electrons. The zero-order chi connectivity index (χ0) is 13.1. The monoisotopic (exact) mass is 272 g/mol. The average molecular weight is 273 g/mol. The van der Waals surface area contributed by atoms with Gasteiger partial charge in [0, 0.05) is 32.7 Å². The highest BCUT2D eigenvalue weighted by Gasteiger charge is 2.25. The third-order valence-electron chi connectivity index (χ3n) is 3.72. The maximum absolute atomic E-state index is 6.28. The molecule has 1 unspecified atom stereocenters. The van der Waals surface area contributed by atoms with E-state index in [1.807, 2.05) is 18.7 Å². The van der Waals surface area contributed by atoms with Crippen LogP contribution in [0.25, 0.3) is 0 Å². The van der Waals surface area contributed by atoms with Crippen LogP contribution in [-0.2, 0) is 18.2 Å². The first-order valence-corrected chi connectivity index (χ1v) is 6.73. The van der Waals surface area contributed by atoms with Gasteiger partial charge in [0.2, 0.25) is 0 Å². The number of hydrogen-bond donors (Lipinski definition) is 2. The van der Waals surface area contributed by atoms with Crippen LogP contribution in [0.15, 0.2) is 0 Å². The van der Waals surface area contributed by atoms with Crippen LogP contribution < -0.4 is 11.3 Å². The Bertz CT molecular complexity index is 401. The normalized spacial score (nSPS) is 19.1. The summed E-state index contributed by atoms with van der Waals surface area (Å²) in [7, 11) is 1.92. The summed E-state index contributed by atoms with van der Waals surface area (Å²) in [6.45, 7) is 3.56. The van der Waals surface area contributed by atoms with Crippen LogP contribution in [-0.4, -0.2) is 29.0 Å². The molecule has 0 aromatic carbocycles. The molecule has 0 bridgehead atoms. The number of rotatable bonds is 4. The van der Waals surface area contributed by atoms with E-state index < -0.39 is 0 Å². The molecule has 1 aliphatic rings. The average Bonchev–Trinajstić information content (AvgIpc) is 2.62. The molecule has 1 aromatic rings. The van der Waals surface area contributed by atoms with E-state index in [0.717, 1.165) is 48.9 Å². The Morgan fingerprint density at radius 1 is 1.56 bits per heavy atom. The van der Waals surface area contributed by atoms with Gasteiger partial charge in [-0.3, -0.25) is 16.0 Å². The Morgan fingerprint density at radius 2 is 2.22 bits per heavy atom. The van der Waals surface area contributed by atoms with Crippen molar-refractivity contribution in [3.63, 3.8) is 0 Å². The lowest BCUT2D eigenvalue weighted by molar-refractivity contribution is 0.0535. The lowest BCUT2D eigenvalue weighted by Crippen LogP contribution is -2.44. The van der Waals surface area contributed by atoms with E-state index in [-0.39, 0.29) is 6.04 Å². The second-order valence-electron chi connectivity index (χ2n) is 4.90. The standard InChI is InChI=1S/C12H21ClN4O/c1-8-12(13)11(17(2)16-8)7-10(15-14)9-3-5-18-6-4-9/h9-10,15H,3-7,14H2,1-2H3. The summed E-state index contributed by atoms with van der Waals surface area (Å²) < 4.78 is 7.23. The van der Waals surface area contributed by atoms with Crippen molar-refractivity contribution in [3.05, 3.63) is 16.4 Å². The van der Waals surface area contributed by atoms with Crippen LogP contribution in [0.1, 0.15) is 24.2 Å². The van der Waals surface area contributed by atoms with Gasteiger partial charge in [0.1, 0.15) is 0 Å². The minimum absolute atomic E-state index is 0.223. The fourth-order valence-electron chi connectivity index (χ4n) is 2.59. The second-order valence-corrected chi connectivity index (χ2v) is 5.27. The Morgan fingerprint density at radius 3 is 2.72 bits per heavy atom. The van der Waals surface area contributed by atoms with E-state index in [4.69, 9.17) is 22.2 Å². The molecule has 0 saturated carbocycles. The first kappa shape index (κ1) is 13.8. The highest BCUT2D eigenvalue weighted by atomic mass is 35.5. The van der Waals surface area contributed by atoms with Crippen LogP contribution in [0.5, 0.6) is 0 Å². The molecule has 1 atom stereocenters. The van der Waals surface area contributed by atoms with E-state index in [9.17, 15) is 0 Å². The van der Waals surface area contributed by atoms with Crippen molar-refractivity contribution in [1.29, 1.82) is 0 Å². The first-order chi connectivity index (χ1) is 8.63. The number of ether oxygens (including phenoxy) is 1. The maximum atomic E-state index is 6.28. The molecule has 0 aliphatic carbocycles. The molecule has 2 heterocycles. The summed E-state index contributed by atoms with van der Waals surface area (Å²) in [6, 6.07) is 0.223. The van der Waals surface area contributed by atoms with Gasteiger partial charge in [0.05, 0.1) is 16.4 Å². The quantitative estimate of drug-likeness (QED) is 0.638. The smallest absolute Gasteiger partial charge is 0.0847 e. The van der Waals surface area contributed by atoms with Crippen molar-refractivity contribution in [3.8, 4) is 0 Å². The molecule has 18 heavy (non-hydrogen) atoms. The number of aromatic nitrogens is 2. The molecule has 1 aromatic heterocycles. The lowest BCUT2D eigenvalue weighted by atomic mass is 9.89. The van der Waals surface area contributed by atoms with Gasteiger partial charge in [-0.25, -0.2) is 0 Å². The Hall–Kier alpha value is -0.620. The van der Waals surface area contributed by atoms with Crippen LogP contribution in [0.3, 0.4) is 0 Å². The van der Waals surface area contributed by atoms with Crippen molar-refractivity contribution in [2.75, 3.05) is 13.2 Å². The molecule has 5 nitrogen and oxygen atoms in total. The summed E-state index contributed by atoms with van der Waals surface area (Å²) in [5.41, 5.74) is 4.85. The molecule has 0 radical (unpaired) electrons. The fourth-order valence-corrected chi connectivity index (χ4v) is 2.83. The molecule has 0 amide bonds. The van der Waals surface area contributed by atoms with Crippen molar-refractivity contribution >= 4 is 11.6 Å². The van der Waals surface area contributed by atoms with Gasteiger partial charge in [-0.2, -0.15) is 5.10 Å². The van der Waals surface area contributed by atoms with Crippen molar-refractivity contribution < 1.29 is 4.74 Å². The molecule has 3 N–H and O–H groups in total. The third-order valence-corrected chi connectivity index (χ3v) is 4.22. The number of halogens is 1. The summed E-state index contributed by atoms with van der Waals surface area (Å²) in [6.07, 6.45) is 2.89. The van der Waals surface area contributed by atoms with E-state index in [0.29, 0.717) is 5.92 Å². The summed E-state index contributed by atoms with van der Waals surface area (Å²) >= 11 is 6.28. The predicted octanol–water partition coefficient (Wildman–Crippen LogP) is 1.18. The minimum atomic E-state index is 0.223. The topological polar surface area (TPSA) is 65.1 Å². The van der Waals surface area contributed by atoms with Crippen LogP contribution in [0, 0.1) is 12.8 Å². The molecular weight excluding hydrogens is 252 g/mol. The summed E-state index contributed by atoms with van der Waals surface area (Å²) in [4.78, 5) is 0. The maximum Gasteiger partial charge on any atom is 0.0847 e. The van der Waals surface area contributed by atoms with E-state index in [2.05, 4.69) is 10.5 Å². The second kappa shape index (κ2) is 6.02. The summed E-state index contributed by atoms with van der Waals surface area (Å²) in [5, 5.41) is 5.09. The van der Waals surface area contributed by atoms with Gasteiger partial charge in [0.15, 0.2) is 0 Å². The number of hydrazine groups is 1. The molecule has 0 spiro atoms. The highest BCUT2D eigenvalue weighted by molar-refractivity contribution is 6.31. The Balaban J connectivity index is 2.09. The van der Waals surface area contributed by atoms with Gasteiger partial charge in [-0.05, 0) is 25.7 Å². The number of nitrogens with one attached hydrogen (secondary N) is 1. The lowest BCUT2D eigenvalue weighted by Gasteiger charge is -2.29. The van der Waals surface area contributed by atoms with E-state index in [1.165, 1.54) is 0 Å².